The van der Waals surface area contributed by atoms with Gasteiger partial charge in [0.1, 0.15) is 0 Å². The van der Waals surface area contributed by atoms with Crippen LogP contribution in [0, 0.1) is 17.8 Å². The summed E-state index contributed by atoms with van der Waals surface area (Å²) in [6, 6.07) is 0. The summed E-state index contributed by atoms with van der Waals surface area (Å²) in [7, 11) is 0. The van der Waals surface area contributed by atoms with Crippen molar-refractivity contribution in [2.24, 2.45) is 17.8 Å². The molecule has 0 aliphatic heterocycles. The van der Waals surface area contributed by atoms with Crippen LogP contribution in [0.25, 0.3) is 0 Å². The van der Waals surface area contributed by atoms with Gasteiger partial charge in [-0.1, -0.05) is 52.7 Å². The number of hydrogen-bond donors (Lipinski definition) is 0. The molecule has 0 heterocycles. The van der Waals surface area contributed by atoms with Gasteiger partial charge in [0, 0.05) is 5.88 Å². The van der Waals surface area contributed by atoms with Crippen LogP contribution in [0.2, 0.25) is 0 Å². The minimum absolute atomic E-state index is 0.733. The van der Waals surface area contributed by atoms with Crippen molar-refractivity contribution < 1.29 is 0 Å². The smallest absolute Gasteiger partial charge is 0.0226 e. The Morgan fingerprint density at radius 2 is 1.69 bits per heavy atom. The molecule has 0 aromatic heterocycles. The molecule has 0 bridgehead atoms. The van der Waals surface area contributed by atoms with Crippen LogP contribution >= 0.6 is 11.6 Å². The van der Waals surface area contributed by atoms with Gasteiger partial charge in [0.2, 0.25) is 0 Å². The summed E-state index contributed by atoms with van der Waals surface area (Å²) in [6.45, 7) is 9.20. The summed E-state index contributed by atoms with van der Waals surface area (Å²) < 4.78 is 0. The predicted octanol–water partition coefficient (Wildman–Crippen LogP) is 5.66. The van der Waals surface area contributed by atoms with E-state index in [9.17, 15) is 0 Å². The molecule has 0 aliphatic carbocycles. The lowest BCUT2D eigenvalue weighted by Gasteiger charge is -2.09. The van der Waals surface area contributed by atoms with Crippen molar-refractivity contribution in [3.05, 3.63) is 12.2 Å². The third-order valence-electron chi connectivity index (χ3n) is 3.05. The molecule has 0 aromatic rings. The van der Waals surface area contributed by atoms with E-state index in [1.807, 2.05) is 0 Å². The van der Waals surface area contributed by atoms with Crippen LogP contribution in [0.4, 0.5) is 0 Å². The number of hydrogen-bond acceptors (Lipinski definition) is 0. The molecule has 0 amide bonds. The maximum absolute atomic E-state index is 5.71. The molecule has 0 unspecified atom stereocenters. The SMILES string of the molecule is CC(C)CCC[C@@H](C)/C=C\C[C@@H](C)CCCl. The molecule has 0 fully saturated rings. The lowest BCUT2D eigenvalue weighted by molar-refractivity contribution is 0.500. The van der Waals surface area contributed by atoms with Gasteiger partial charge in [-0.25, -0.2) is 0 Å². The second-order valence-corrected chi connectivity index (χ2v) is 5.93. The summed E-state index contributed by atoms with van der Waals surface area (Å²) in [5, 5.41) is 0. The van der Waals surface area contributed by atoms with Gasteiger partial charge in [-0.15, -0.1) is 11.6 Å². The van der Waals surface area contributed by atoms with Crippen molar-refractivity contribution in [3.8, 4) is 0 Å². The van der Waals surface area contributed by atoms with Crippen LogP contribution < -0.4 is 0 Å². The zero-order chi connectivity index (χ0) is 12.4. The Bertz CT molecular complexity index is 172. The molecular formula is C15H29Cl. The molecule has 0 saturated carbocycles. The van der Waals surface area contributed by atoms with Crippen molar-refractivity contribution in [2.75, 3.05) is 5.88 Å². The highest BCUT2D eigenvalue weighted by atomic mass is 35.5. The van der Waals surface area contributed by atoms with E-state index in [-0.39, 0.29) is 0 Å². The van der Waals surface area contributed by atoms with Crippen LogP contribution in [-0.2, 0) is 0 Å². The largest absolute Gasteiger partial charge is 0.127 e. The summed E-state index contributed by atoms with van der Waals surface area (Å²) in [5.74, 6) is 3.11. The van der Waals surface area contributed by atoms with Gasteiger partial charge in [-0.2, -0.15) is 0 Å². The second kappa shape index (κ2) is 10.2. The predicted molar refractivity (Wildman–Crippen MR) is 76.1 cm³/mol. The van der Waals surface area contributed by atoms with Crippen LogP contribution in [0.3, 0.4) is 0 Å². The van der Waals surface area contributed by atoms with Crippen molar-refractivity contribution in [3.63, 3.8) is 0 Å². The summed E-state index contributed by atoms with van der Waals surface area (Å²) in [5.41, 5.74) is 0. The molecule has 0 rings (SSSR count). The second-order valence-electron chi connectivity index (χ2n) is 5.55. The molecule has 16 heavy (non-hydrogen) atoms. The molecule has 96 valence electrons. The lowest BCUT2D eigenvalue weighted by Crippen LogP contribution is -1.95. The van der Waals surface area contributed by atoms with E-state index in [0.29, 0.717) is 0 Å². The van der Waals surface area contributed by atoms with Gasteiger partial charge in [-0.05, 0) is 37.0 Å². The van der Waals surface area contributed by atoms with Crippen LogP contribution in [0.1, 0.15) is 59.8 Å². The Morgan fingerprint density at radius 3 is 2.25 bits per heavy atom. The third kappa shape index (κ3) is 10.5. The molecule has 0 radical (unpaired) electrons. The minimum Gasteiger partial charge on any atom is -0.127 e. The number of alkyl halides is 1. The maximum atomic E-state index is 5.71. The molecular weight excluding hydrogens is 216 g/mol. The van der Waals surface area contributed by atoms with E-state index in [1.165, 1.54) is 25.7 Å². The number of rotatable bonds is 9. The molecule has 0 spiro atoms. The Balaban J connectivity index is 3.53. The normalized spacial score (nSPS) is 15.9. The first-order valence-electron chi connectivity index (χ1n) is 6.78. The highest BCUT2D eigenvalue weighted by Gasteiger charge is 2.01. The quantitative estimate of drug-likeness (QED) is 0.363. The molecule has 1 heteroatoms. The summed E-state index contributed by atoms with van der Waals surface area (Å²) in [4.78, 5) is 0. The highest BCUT2D eigenvalue weighted by Crippen LogP contribution is 2.15. The van der Waals surface area contributed by atoms with E-state index in [1.54, 1.807) is 0 Å². The average molecular weight is 245 g/mol. The maximum Gasteiger partial charge on any atom is 0.0226 e. The van der Waals surface area contributed by atoms with E-state index >= 15 is 0 Å². The molecule has 0 N–H and O–H groups in total. The standard InChI is InChI=1S/C15H29Cl/c1-13(2)7-5-8-14(3)9-6-10-15(4)11-12-16/h6,9,13-15H,5,7-8,10-12H2,1-4H3/b9-6-/t14-,15-/m1/s1. The van der Waals surface area contributed by atoms with Crippen LogP contribution in [0.15, 0.2) is 12.2 Å². The Kier molecular flexibility index (Phi) is 10.2. The fourth-order valence-corrected chi connectivity index (χ4v) is 2.16. The monoisotopic (exact) mass is 244 g/mol. The first-order valence-corrected chi connectivity index (χ1v) is 7.32. The van der Waals surface area contributed by atoms with Crippen molar-refractivity contribution >= 4 is 11.6 Å². The van der Waals surface area contributed by atoms with E-state index in [0.717, 1.165) is 30.1 Å². The number of allylic oxidation sites excluding steroid dienone is 2. The van der Waals surface area contributed by atoms with Crippen molar-refractivity contribution in [1.29, 1.82) is 0 Å². The lowest BCUT2D eigenvalue weighted by atomic mass is 9.98. The molecule has 2 atom stereocenters. The Hall–Kier alpha value is 0.0300. The first kappa shape index (κ1) is 16.0. The van der Waals surface area contributed by atoms with Gasteiger partial charge >= 0.3 is 0 Å². The van der Waals surface area contributed by atoms with Crippen LogP contribution in [0.5, 0.6) is 0 Å². The fraction of sp³-hybridized carbons (Fsp3) is 0.867. The van der Waals surface area contributed by atoms with Gasteiger partial charge in [0.25, 0.3) is 0 Å². The highest BCUT2D eigenvalue weighted by molar-refractivity contribution is 6.17. The first-order chi connectivity index (χ1) is 7.56. The van der Waals surface area contributed by atoms with Gasteiger partial charge in [0.15, 0.2) is 0 Å². The Labute approximate surface area is 107 Å². The molecule has 0 nitrogen and oxygen atoms in total. The van der Waals surface area contributed by atoms with Crippen LogP contribution in [-0.4, -0.2) is 5.88 Å². The van der Waals surface area contributed by atoms with Gasteiger partial charge < -0.3 is 0 Å². The molecule has 0 aliphatic rings. The molecule has 0 saturated heterocycles. The molecule has 0 aromatic carbocycles. The summed E-state index contributed by atoms with van der Waals surface area (Å²) >= 11 is 5.71. The average Bonchev–Trinajstić information content (AvgIpc) is 2.17. The van der Waals surface area contributed by atoms with Crippen molar-refractivity contribution in [1.82, 2.24) is 0 Å². The Morgan fingerprint density at radius 1 is 1.00 bits per heavy atom. The van der Waals surface area contributed by atoms with Gasteiger partial charge in [0.05, 0.1) is 0 Å². The number of halogens is 1. The zero-order valence-corrected chi connectivity index (χ0v) is 12.3. The van der Waals surface area contributed by atoms with E-state index in [2.05, 4.69) is 39.8 Å². The van der Waals surface area contributed by atoms with E-state index < -0.39 is 0 Å². The zero-order valence-electron chi connectivity index (χ0n) is 11.5. The minimum atomic E-state index is 0.733. The van der Waals surface area contributed by atoms with Crippen molar-refractivity contribution in [2.45, 2.75) is 59.8 Å². The topological polar surface area (TPSA) is 0 Å². The fourth-order valence-electron chi connectivity index (χ4n) is 1.79. The van der Waals surface area contributed by atoms with Gasteiger partial charge in [-0.3, -0.25) is 0 Å². The summed E-state index contributed by atoms with van der Waals surface area (Å²) in [6.07, 6.45) is 11.1. The van der Waals surface area contributed by atoms with E-state index in [4.69, 9.17) is 11.6 Å². The third-order valence-corrected chi connectivity index (χ3v) is 3.26.